The molecule has 1 aliphatic carbocycles. The molecule has 0 bridgehead atoms. The maximum Gasteiger partial charge on any atom is 0.416 e. The standard InChI is InChI=1S/C22H29F3N2O/c1-4-18-15(3)7-6-8-19(27(5-2)14-13-26)20(21(18)28)16-9-11-17(12-10-16)22(23,24)25/h6,8-12,15,18H,4-5,7,13-14,26H2,1-3H3/t15?,18-/m0/s1. The van der Waals surface area contributed by atoms with Crippen LogP contribution in [0.1, 0.15) is 44.7 Å². The molecular formula is C22H29F3N2O. The molecule has 0 saturated heterocycles. The summed E-state index contributed by atoms with van der Waals surface area (Å²) in [5, 5.41) is 0. The molecule has 2 atom stereocenters. The van der Waals surface area contributed by atoms with E-state index in [1.165, 1.54) is 12.1 Å². The number of alkyl halides is 3. The van der Waals surface area contributed by atoms with Crippen molar-refractivity contribution in [3.8, 4) is 0 Å². The highest BCUT2D eigenvalue weighted by molar-refractivity contribution is 6.23. The molecule has 0 aliphatic heterocycles. The molecule has 28 heavy (non-hydrogen) atoms. The zero-order valence-electron chi connectivity index (χ0n) is 16.7. The predicted octanol–water partition coefficient (Wildman–Crippen LogP) is 4.89. The number of carbonyl (C=O) groups excluding carboxylic acids is 1. The van der Waals surface area contributed by atoms with Crippen molar-refractivity contribution in [2.24, 2.45) is 17.6 Å². The van der Waals surface area contributed by atoms with Gasteiger partial charge in [-0.2, -0.15) is 13.2 Å². The Morgan fingerprint density at radius 3 is 2.32 bits per heavy atom. The van der Waals surface area contributed by atoms with E-state index in [0.717, 1.165) is 24.3 Å². The first kappa shape index (κ1) is 22.2. The largest absolute Gasteiger partial charge is 0.416 e. The first-order chi connectivity index (χ1) is 13.2. The normalized spacial score (nSPS) is 20.9. The van der Waals surface area contributed by atoms with Crippen LogP contribution < -0.4 is 5.73 Å². The summed E-state index contributed by atoms with van der Waals surface area (Å²) in [7, 11) is 0. The van der Waals surface area contributed by atoms with Crippen LogP contribution in [0.5, 0.6) is 0 Å². The minimum atomic E-state index is -4.41. The molecular weight excluding hydrogens is 365 g/mol. The molecule has 1 aromatic rings. The van der Waals surface area contributed by atoms with E-state index in [4.69, 9.17) is 5.73 Å². The highest BCUT2D eigenvalue weighted by atomic mass is 19.4. The molecule has 2 rings (SSSR count). The average Bonchev–Trinajstić information content (AvgIpc) is 2.64. The maximum atomic E-state index is 13.5. The number of carbonyl (C=O) groups is 1. The highest BCUT2D eigenvalue weighted by Crippen LogP contribution is 2.35. The van der Waals surface area contributed by atoms with Crippen LogP contribution in [0.2, 0.25) is 0 Å². The zero-order chi connectivity index (χ0) is 20.9. The van der Waals surface area contributed by atoms with Gasteiger partial charge < -0.3 is 10.6 Å². The smallest absolute Gasteiger partial charge is 0.370 e. The summed E-state index contributed by atoms with van der Waals surface area (Å²) in [6, 6.07) is 4.89. The van der Waals surface area contributed by atoms with E-state index in [9.17, 15) is 18.0 Å². The number of hydrogen-bond donors (Lipinski definition) is 1. The lowest BCUT2D eigenvalue weighted by atomic mass is 9.79. The van der Waals surface area contributed by atoms with E-state index < -0.39 is 11.7 Å². The molecule has 0 heterocycles. The van der Waals surface area contributed by atoms with Gasteiger partial charge in [-0.1, -0.05) is 32.1 Å². The molecule has 0 aromatic heterocycles. The number of halogens is 3. The topological polar surface area (TPSA) is 46.3 Å². The molecule has 0 fully saturated rings. The third-order valence-electron chi connectivity index (χ3n) is 5.37. The van der Waals surface area contributed by atoms with E-state index in [1.54, 1.807) is 0 Å². The van der Waals surface area contributed by atoms with Crippen LogP contribution in [0.4, 0.5) is 13.2 Å². The lowest BCUT2D eigenvalue weighted by Crippen LogP contribution is -2.32. The Morgan fingerprint density at radius 1 is 1.18 bits per heavy atom. The van der Waals surface area contributed by atoms with Gasteiger partial charge in [0.2, 0.25) is 0 Å². The van der Waals surface area contributed by atoms with E-state index in [2.05, 4.69) is 6.08 Å². The second kappa shape index (κ2) is 9.41. The van der Waals surface area contributed by atoms with Crippen LogP contribution >= 0.6 is 0 Å². The third-order valence-corrected chi connectivity index (χ3v) is 5.37. The first-order valence-corrected chi connectivity index (χ1v) is 9.82. The third kappa shape index (κ3) is 4.85. The fraction of sp³-hybridized carbons (Fsp3) is 0.500. The molecule has 0 spiro atoms. The van der Waals surface area contributed by atoms with Crippen molar-refractivity contribution in [1.82, 2.24) is 4.90 Å². The summed E-state index contributed by atoms with van der Waals surface area (Å²) in [6.07, 6.45) is 1.04. The number of hydrogen-bond acceptors (Lipinski definition) is 3. The Labute approximate surface area is 165 Å². The Balaban J connectivity index is 2.66. The summed E-state index contributed by atoms with van der Waals surface area (Å²) in [4.78, 5) is 15.5. The van der Waals surface area contributed by atoms with Gasteiger partial charge >= 0.3 is 6.18 Å². The maximum absolute atomic E-state index is 13.5. The lowest BCUT2D eigenvalue weighted by Gasteiger charge is -2.31. The fourth-order valence-corrected chi connectivity index (χ4v) is 3.78. The molecule has 6 heteroatoms. The SMILES string of the molecule is CC[C@@H]1C(=O)C(c2ccc(C(F)(F)F)cc2)=C(N(CC)CCN)C=CCC1C. The van der Waals surface area contributed by atoms with Gasteiger partial charge in [0.1, 0.15) is 0 Å². The fourth-order valence-electron chi connectivity index (χ4n) is 3.78. The van der Waals surface area contributed by atoms with E-state index in [-0.39, 0.29) is 17.6 Å². The first-order valence-electron chi connectivity index (χ1n) is 9.82. The Morgan fingerprint density at radius 2 is 1.82 bits per heavy atom. The molecule has 1 aromatic carbocycles. The summed E-state index contributed by atoms with van der Waals surface area (Å²) in [5.41, 5.74) is 6.76. The van der Waals surface area contributed by atoms with Crippen molar-refractivity contribution in [3.63, 3.8) is 0 Å². The van der Waals surface area contributed by atoms with Crippen LogP contribution in [-0.4, -0.2) is 30.3 Å². The predicted molar refractivity (Wildman–Crippen MR) is 106 cm³/mol. The van der Waals surface area contributed by atoms with Gasteiger partial charge in [0.15, 0.2) is 5.78 Å². The van der Waals surface area contributed by atoms with Crippen LogP contribution in [0.3, 0.4) is 0 Å². The molecule has 0 amide bonds. The van der Waals surface area contributed by atoms with Gasteiger partial charge in [-0.15, -0.1) is 0 Å². The molecule has 0 saturated carbocycles. The number of likely N-dealkylation sites (N-methyl/N-ethyl adjacent to an activating group) is 1. The van der Waals surface area contributed by atoms with Crippen molar-refractivity contribution in [3.05, 3.63) is 53.2 Å². The van der Waals surface area contributed by atoms with Crippen molar-refractivity contribution in [2.45, 2.75) is 39.8 Å². The van der Waals surface area contributed by atoms with Crippen molar-refractivity contribution in [1.29, 1.82) is 0 Å². The van der Waals surface area contributed by atoms with Gasteiger partial charge in [-0.05, 0) is 49.5 Å². The number of Topliss-reactive ketones (excluding diaryl/α,β-unsaturated/α-hetero) is 1. The molecule has 154 valence electrons. The van der Waals surface area contributed by atoms with Crippen molar-refractivity contribution < 1.29 is 18.0 Å². The van der Waals surface area contributed by atoms with Crippen LogP contribution in [-0.2, 0) is 11.0 Å². The zero-order valence-corrected chi connectivity index (χ0v) is 16.7. The van der Waals surface area contributed by atoms with Crippen LogP contribution in [0.25, 0.3) is 5.57 Å². The summed E-state index contributed by atoms with van der Waals surface area (Å²) in [5.74, 6) is -0.0114. The molecule has 1 unspecified atom stereocenters. The van der Waals surface area contributed by atoms with Gasteiger partial charge in [-0.25, -0.2) is 0 Å². The van der Waals surface area contributed by atoms with Crippen molar-refractivity contribution in [2.75, 3.05) is 19.6 Å². The van der Waals surface area contributed by atoms with Crippen molar-refractivity contribution >= 4 is 11.4 Å². The Bertz CT molecular complexity index is 735. The number of nitrogens with two attached hydrogens (primary N) is 1. The van der Waals surface area contributed by atoms with Gasteiger partial charge in [0, 0.05) is 36.8 Å². The summed E-state index contributed by atoms with van der Waals surface area (Å²) >= 11 is 0. The molecule has 0 radical (unpaired) electrons. The van der Waals surface area contributed by atoms with Gasteiger partial charge in [0.25, 0.3) is 0 Å². The quantitative estimate of drug-likeness (QED) is 0.747. The van der Waals surface area contributed by atoms with E-state index in [1.807, 2.05) is 31.7 Å². The monoisotopic (exact) mass is 394 g/mol. The molecule has 2 N–H and O–H groups in total. The van der Waals surface area contributed by atoms with E-state index >= 15 is 0 Å². The minimum Gasteiger partial charge on any atom is -0.370 e. The second-order valence-electron chi connectivity index (χ2n) is 7.20. The highest BCUT2D eigenvalue weighted by Gasteiger charge is 2.33. The van der Waals surface area contributed by atoms with Gasteiger partial charge in [-0.3, -0.25) is 4.79 Å². The van der Waals surface area contributed by atoms with Crippen LogP contribution in [0, 0.1) is 11.8 Å². The average molecular weight is 394 g/mol. The summed E-state index contributed by atoms with van der Waals surface area (Å²) < 4.78 is 38.9. The Hall–Kier alpha value is -2.08. The van der Waals surface area contributed by atoms with E-state index in [0.29, 0.717) is 37.2 Å². The molecule has 3 nitrogen and oxygen atoms in total. The number of nitrogens with zero attached hydrogens (tertiary/aromatic N) is 1. The lowest BCUT2D eigenvalue weighted by molar-refractivity contribution is -0.137. The number of ketones is 1. The number of allylic oxidation sites excluding steroid dienone is 3. The number of benzene rings is 1. The number of rotatable bonds is 6. The summed E-state index contributed by atoms with van der Waals surface area (Å²) in [6.45, 7) is 7.65. The minimum absolute atomic E-state index is 0.00965. The Kier molecular flexibility index (Phi) is 7.47. The van der Waals surface area contributed by atoms with Gasteiger partial charge in [0.05, 0.1) is 5.56 Å². The molecule has 1 aliphatic rings. The second-order valence-corrected chi connectivity index (χ2v) is 7.20. The van der Waals surface area contributed by atoms with Crippen LogP contribution in [0.15, 0.2) is 42.1 Å².